The normalized spacial score (nSPS) is 14.2. The fourth-order valence-corrected chi connectivity index (χ4v) is 4.35. The highest BCUT2D eigenvalue weighted by Gasteiger charge is 2.27. The van der Waals surface area contributed by atoms with E-state index in [0.717, 1.165) is 18.5 Å². The van der Waals surface area contributed by atoms with Gasteiger partial charge in [0.2, 0.25) is 5.91 Å². The number of guanidine groups is 1. The molecular formula is C28H33BrFN5O5. The molecule has 0 unspecified atom stereocenters. The molecule has 0 aliphatic carbocycles. The molecule has 1 amide bonds. The van der Waals surface area contributed by atoms with E-state index in [0.29, 0.717) is 47.7 Å². The average Bonchev–Trinajstić information content (AvgIpc) is 3.29. The summed E-state index contributed by atoms with van der Waals surface area (Å²) in [6, 6.07) is 9.37. The first-order chi connectivity index (χ1) is 19.1. The molecule has 2 heterocycles. The van der Waals surface area contributed by atoms with Crippen LogP contribution < -0.4 is 20.7 Å². The largest absolute Gasteiger partial charge is 0.494 e. The van der Waals surface area contributed by atoms with Crippen molar-refractivity contribution < 1.29 is 27.9 Å². The molecule has 0 saturated heterocycles. The number of aromatic nitrogens is 1. The first-order valence-electron chi connectivity index (χ1n) is 13.1. The molecule has 0 spiro atoms. The van der Waals surface area contributed by atoms with Crippen molar-refractivity contribution in [1.82, 2.24) is 15.6 Å². The maximum absolute atomic E-state index is 14.3. The second-order valence-electron chi connectivity index (χ2n) is 10.3. The van der Waals surface area contributed by atoms with Crippen LogP contribution >= 0.6 is 15.9 Å². The highest BCUT2D eigenvalue weighted by atomic mass is 79.9. The van der Waals surface area contributed by atoms with Gasteiger partial charge in [-0.05, 0) is 63.4 Å². The monoisotopic (exact) mass is 617 g/mol. The average molecular weight is 619 g/mol. The summed E-state index contributed by atoms with van der Waals surface area (Å²) < 4.78 is 31.7. The Morgan fingerprint density at radius 1 is 1.23 bits per heavy atom. The lowest BCUT2D eigenvalue weighted by atomic mass is 10.1. The Morgan fingerprint density at radius 3 is 2.70 bits per heavy atom. The third kappa shape index (κ3) is 8.67. The highest BCUT2D eigenvalue weighted by Crippen LogP contribution is 2.27. The van der Waals surface area contributed by atoms with Gasteiger partial charge in [0, 0.05) is 30.4 Å². The van der Waals surface area contributed by atoms with Gasteiger partial charge in [0.25, 0.3) is 6.01 Å². The van der Waals surface area contributed by atoms with E-state index in [2.05, 4.69) is 41.9 Å². The Bertz CT molecular complexity index is 1370. The van der Waals surface area contributed by atoms with Crippen LogP contribution in [0.5, 0.6) is 5.75 Å². The summed E-state index contributed by atoms with van der Waals surface area (Å²) in [5, 5.41) is 8.79. The van der Waals surface area contributed by atoms with Gasteiger partial charge in [-0.3, -0.25) is 15.1 Å². The van der Waals surface area contributed by atoms with Crippen molar-refractivity contribution in [2.45, 2.75) is 58.1 Å². The number of amides is 1. The SMILES string of the molecule is CC(C)(C)OC(=O)[C@H](Cc1ccc(OCCCC(=O)NC2=NCCCN2)cc1)Nc1nc2cc(Br)cc(F)c2o1. The van der Waals surface area contributed by atoms with E-state index >= 15 is 0 Å². The Balaban J connectivity index is 1.34. The van der Waals surface area contributed by atoms with Gasteiger partial charge < -0.3 is 24.5 Å². The van der Waals surface area contributed by atoms with Crippen molar-refractivity contribution >= 4 is 50.9 Å². The smallest absolute Gasteiger partial charge is 0.329 e. The van der Waals surface area contributed by atoms with Crippen LogP contribution in [0, 0.1) is 5.82 Å². The van der Waals surface area contributed by atoms with Gasteiger partial charge >= 0.3 is 5.97 Å². The quantitative estimate of drug-likeness (QED) is 0.220. The third-order valence-electron chi connectivity index (χ3n) is 5.73. The molecule has 214 valence electrons. The third-order valence-corrected chi connectivity index (χ3v) is 6.19. The van der Waals surface area contributed by atoms with E-state index in [1.807, 2.05) is 12.1 Å². The molecule has 0 bridgehead atoms. The van der Waals surface area contributed by atoms with Gasteiger partial charge in [-0.25, -0.2) is 9.18 Å². The Morgan fingerprint density at radius 2 is 2.00 bits per heavy atom. The van der Waals surface area contributed by atoms with Gasteiger partial charge in [-0.2, -0.15) is 4.98 Å². The molecule has 0 radical (unpaired) electrons. The predicted octanol–water partition coefficient (Wildman–Crippen LogP) is 4.72. The minimum Gasteiger partial charge on any atom is -0.494 e. The second kappa shape index (κ2) is 13.1. The van der Waals surface area contributed by atoms with Crippen molar-refractivity contribution in [3.8, 4) is 5.75 Å². The zero-order valence-electron chi connectivity index (χ0n) is 22.7. The van der Waals surface area contributed by atoms with Crippen LogP contribution in [-0.2, 0) is 20.7 Å². The predicted molar refractivity (Wildman–Crippen MR) is 153 cm³/mol. The molecule has 10 nitrogen and oxygen atoms in total. The topological polar surface area (TPSA) is 127 Å². The van der Waals surface area contributed by atoms with Crippen molar-refractivity contribution in [3.63, 3.8) is 0 Å². The number of nitrogens with zero attached hydrogens (tertiary/aromatic N) is 2. The van der Waals surface area contributed by atoms with Crippen LogP contribution in [0.2, 0.25) is 0 Å². The number of fused-ring (bicyclic) bond motifs is 1. The Labute approximate surface area is 240 Å². The number of oxazole rings is 1. The number of carbonyl (C=O) groups is 2. The van der Waals surface area contributed by atoms with Crippen LogP contribution in [-0.4, -0.2) is 54.2 Å². The van der Waals surface area contributed by atoms with E-state index in [1.54, 1.807) is 39.0 Å². The van der Waals surface area contributed by atoms with Gasteiger partial charge in [0.15, 0.2) is 17.4 Å². The summed E-state index contributed by atoms with van der Waals surface area (Å²) in [4.78, 5) is 33.6. The molecule has 1 aliphatic heterocycles. The fraction of sp³-hybridized carbons (Fsp3) is 0.429. The summed E-state index contributed by atoms with van der Waals surface area (Å²) in [6.45, 7) is 7.24. The first-order valence-corrected chi connectivity index (χ1v) is 13.9. The molecular weight excluding hydrogens is 585 g/mol. The number of benzene rings is 2. The molecule has 0 fully saturated rings. The Kier molecular flexibility index (Phi) is 9.62. The molecule has 1 aliphatic rings. The zero-order chi connectivity index (χ0) is 28.7. The van der Waals surface area contributed by atoms with E-state index < -0.39 is 23.4 Å². The van der Waals surface area contributed by atoms with Crippen LogP contribution in [0.15, 0.2) is 50.3 Å². The minimum absolute atomic E-state index is 0.00738. The van der Waals surface area contributed by atoms with E-state index in [9.17, 15) is 14.0 Å². The number of hydrogen-bond acceptors (Lipinski definition) is 9. The number of halogens is 2. The number of esters is 1. The summed E-state index contributed by atoms with van der Waals surface area (Å²) in [6.07, 6.45) is 2.09. The van der Waals surface area contributed by atoms with Gasteiger partial charge in [-0.15, -0.1) is 0 Å². The molecule has 1 atom stereocenters. The van der Waals surface area contributed by atoms with Crippen molar-refractivity contribution in [1.29, 1.82) is 0 Å². The zero-order valence-corrected chi connectivity index (χ0v) is 24.3. The van der Waals surface area contributed by atoms with Crippen LogP contribution in [0.3, 0.4) is 0 Å². The Hall–Kier alpha value is -3.67. The van der Waals surface area contributed by atoms with Crippen LogP contribution in [0.25, 0.3) is 11.1 Å². The highest BCUT2D eigenvalue weighted by molar-refractivity contribution is 9.10. The van der Waals surface area contributed by atoms with Crippen molar-refractivity contribution in [2.75, 3.05) is 25.0 Å². The summed E-state index contributed by atoms with van der Waals surface area (Å²) >= 11 is 3.24. The molecule has 40 heavy (non-hydrogen) atoms. The summed E-state index contributed by atoms with van der Waals surface area (Å²) in [7, 11) is 0. The fourth-order valence-electron chi connectivity index (χ4n) is 3.93. The number of rotatable bonds is 10. The molecule has 12 heteroatoms. The van der Waals surface area contributed by atoms with E-state index in [4.69, 9.17) is 13.9 Å². The maximum atomic E-state index is 14.3. The molecule has 4 rings (SSSR count). The lowest BCUT2D eigenvalue weighted by Gasteiger charge is -2.24. The van der Waals surface area contributed by atoms with Gasteiger partial charge in [-0.1, -0.05) is 28.1 Å². The first kappa shape index (κ1) is 29.3. The van der Waals surface area contributed by atoms with Crippen LogP contribution in [0.4, 0.5) is 10.4 Å². The van der Waals surface area contributed by atoms with Crippen LogP contribution in [0.1, 0.15) is 45.6 Å². The number of aliphatic imine (C=N–C) groups is 1. The molecule has 0 saturated carbocycles. The molecule has 3 N–H and O–H groups in total. The number of ether oxygens (including phenoxy) is 2. The van der Waals surface area contributed by atoms with E-state index in [1.165, 1.54) is 6.07 Å². The number of anilines is 1. The molecule has 2 aromatic carbocycles. The van der Waals surface area contributed by atoms with E-state index in [-0.39, 0.29) is 23.9 Å². The van der Waals surface area contributed by atoms with Gasteiger partial charge in [0.1, 0.15) is 22.9 Å². The number of nitrogens with one attached hydrogen (secondary N) is 3. The minimum atomic E-state index is -0.840. The lowest BCUT2D eigenvalue weighted by Crippen LogP contribution is -2.43. The number of carbonyl (C=O) groups excluding carboxylic acids is 2. The van der Waals surface area contributed by atoms with Gasteiger partial charge in [0.05, 0.1) is 6.61 Å². The van der Waals surface area contributed by atoms with Crippen molar-refractivity contribution in [2.24, 2.45) is 4.99 Å². The molecule has 1 aromatic heterocycles. The maximum Gasteiger partial charge on any atom is 0.329 e. The standard InChI is InChI=1S/C28H33BrFN5O5/c1-28(2,3)40-25(37)22(34-27-33-21-16-18(29)15-20(30)24(21)39-27)14-17-7-9-19(10-8-17)38-13-4-6-23(36)35-26-31-11-5-12-32-26/h7-10,15-16,22H,4-6,11-14H2,1-3H3,(H,33,34)(H2,31,32,35,36)/t22-/m0/s1. The summed E-state index contributed by atoms with van der Waals surface area (Å²) in [5.74, 6) is 0.00428. The lowest BCUT2D eigenvalue weighted by molar-refractivity contribution is -0.155. The van der Waals surface area contributed by atoms with Crippen molar-refractivity contribution in [3.05, 3.63) is 52.3 Å². The summed E-state index contributed by atoms with van der Waals surface area (Å²) in [5.41, 5.74) is 0.438. The number of hydrogen-bond donors (Lipinski definition) is 3. The second-order valence-corrected chi connectivity index (χ2v) is 11.3. The molecule has 3 aromatic rings.